The number of esters is 1. The molecular weight excluding hydrogens is 394 g/mol. The second-order valence-electron chi connectivity index (χ2n) is 6.75. The summed E-state index contributed by atoms with van der Waals surface area (Å²) in [5, 5.41) is 10.2. The highest BCUT2D eigenvalue weighted by atomic mass is 32.1. The van der Waals surface area contributed by atoms with Crippen LogP contribution in [0.3, 0.4) is 0 Å². The topological polar surface area (TPSA) is 67.9 Å². The van der Waals surface area contributed by atoms with Gasteiger partial charge in [0, 0.05) is 0 Å². The highest BCUT2D eigenvalue weighted by molar-refractivity contribution is 7.80. The molecule has 0 saturated carbocycles. The fourth-order valence-electron chi connectivity index (χ4n) is 3.53. The molecule has 0 radical (unpaired) electrons. The van der Waals surface area contributed by atoms with E-state index in [0.717, 1.165) is 16.7 Å². The predicted octanol–water partition coefficient (Wildman–Crippen LogP) is 5.09. The summed E-state index contributed by atoms with van der Waals surface area (Å²) in [4.78, 5) is 16.9. The fraction of sp³-hybridized carbons (Fsp3) is 0.125. The number of rotatable bonds is 5. The van der Waals surface area contributed by atoms with Gasteiger partial charge in [-0.25, -0.2) is 9.78 Å². The van der Waals surface area contributed by atoms with E-state index in [-0.39, 0.29) is 0 Å². The van der Waals surface area contributed by atoms with E-state index in [0.29, 0.717) is 40.5 Å². The Labute approximate surface area is 180 Å². The number of carbonyl (C=O) groups excluding carboxylic acids is 1. The monoisotopic (exact) mass is 413 g/mol. The van der Waals surface area contributed by atoms with Crippen molar-refractivity contribution in [3.8, 4) is 17.2 Å². The number of aromatic nitrogens is 2. The lowest BCUT2D eigenvalue weighted by Gasteiger charge is -2.11. The summed E-state index contributed by atoms with van der Waals surface area (Å²) < 4.78 is 7.07. The average Bonchev–Trinajstić information content (AvgIpc) is 3.09. The molecule has 0 spiro atoms. The van der Waals surface area contributed by atoms with Crippen LogP contribution in [0.5, 0.6) is 0 Å². The van der Waals surface area contributed by atoms with Crippen LogP contribution < -0.4 is 0 Å². The molecule has 0 unspecified atom stereocenters. The number of fused-ring (bicyclic) bond motifs is 1. The van der Waals surface area contributed by atoms with Gasteiger partial charge in [0.05, 0.1) is 41.4 Å². The first-order valence-corrected chi connectivity index (χ1v) is 10.0. The second-order valence-corrected chi connectivity index (χ2v) is 7.15. The van der Waals surface area contributed by atoms with E-state index in [1.807, 2.05) is 59.2 Å². The van der Waals surface area contributed by atoms with Gasteiger partial charge in [0.25, 0.3) is 0 Å². The maximum atomic E-state index is 12.4. The summed E-state index contributed by atoms with van der Waals surface area (Å²) >= 11 is 4.52. The standard InChI is InChI=1S/C24H19N3O2S/c1-2-29-23(28)20-9-6-10-21-22(20)27(24(30)26-21)15-16-11-12-19(18(13-16)14-25)17-7-4-3-5-8-17/h3-13H,2,15H2,1H3,(H,26,30). The van der Waals surface area contributed by atoms with Crippen LogP contribution in [0.2, 0.25) is 0 Å². The van der Waals surface area contributed by atoms with Gasteiger partial charge in [-0.1, -0.05) is 48.5 Å². The number of para-hydroxylation sites is 1. The van der Waals surface area contributed by atoms with Crippen molar-refractivity contribution < 1.29 is 9.53 Å². The molecule has 30 heavy (non-hydrogen) atoms. The average molecular weight is 414 g/mol. The minimum absolute atomic E-state index is 0.295. The maximum Gasteiger partial charge on any atom is 0.340 e. The van der Waals surface area contributed by atoms with Crippen LogP contribution in [-0.2, 0) is 11.3 Å². The SMILES string of the molecule is CCOC(=O)c1cccc2nc(S)n(Cc3ccc(-c4ccccc4)c(C#N)c3)c12. The molecule has 5 nitrogen and oxygen atoms in total. The highest BCUT2D eigenvalue weighted by Gasteiger charge is 2.18. The highest BCUT2D eigenvalue weighted by Crippen LogP contribution is 2.27. The van der Waals surface area contributed by atoms with Gasteiger partial charge in [0.1, 0.15) is 0 Å². The fourth-order valence-corrected chi connectivity index (χ4v) is 3.81. The number of imidazole rings is 1. The first-order valence-electron chi connectivity index (χ1n) is 9.56. The molecule has 148 valence electrons. The minimum atomic E-state index is -0.394. The normalized spacial score (nSPS) is 10.7. The molecule has 3 aromatic carbocycles. The first-order chi connectivity index (χ1) is 14.6. The van der Waals surface area contributed by atoms with Gasteiger partial charge < -0.3 is 9.30 Å². The molecule has 1 heterocycles. The van der Waals surface area contributed by atoms with Crippen molar-refractivity contribution in [1.29, 1.82) is 5.26 Å². The van der Waals surface area contributed by atoms with Crippen LogP contribution in [0.25, 0.3) is 22.2 Å². The molecule has 4 aromatic rings. The zero-order valence-corrected chi connectivity index (χ0v) is 17.3. The Bertz CT molecular complexity index is 1270. The van der Waals surface area contributed by atoms with Gasteiger partial charge in [0.15, 0.2) is 5.16 Å². The third-order valence-electron chi connectivity index (χ3n) is 4.87. The van der Waals surface area contributed by atoms with E-state index in [2.05, 4.69) is 23.7 Å². The van der Waals surface area contributed by atoms with Crippen molar-refractivity contribution in [2.45, 2.75) is 18.6 Å². The van der Waals surface area contributed by atoms with Gasteiger partial charge in [-0.05, 0) is 41.8 Å². The van der Waals surface area contributed by atoms with Crippen molar-refractivity contribution in [2.75, 3.05) is 6.61 Å². The molecule has 0 N–H and O–H groups in total. The van der Waals surface area contributed by atoms with Crippen molar-refractivity contribution >= 4 is 29.6 Å². The maximum absolute atomic E-state index is 12.4. The Morgan fingerprint density at radius 3 is 2.67 bits per heavy atom. The number of benzene rings is 3. The quantitative estimate of drug-likeness (QED) is 0.366. The third-order valence-corrected chi connectivity index (χ3v) is 5.21. The van der Waals surface area contributed by atoms with E-state index in [9.17, 15) is 10.1 Å². The van der Waals surface area contributed by atoms with E-state index >= 15 is 0 Å². The first kappa shape index (κ1) is 19.7. The Morgan fingerprint density at radius 1 is 1.13 bits per heavy atom. The summed E-state index contributed by atoms with van der Waals surface area (Å²) in [6.07, 6.45) is 0. The summed E-state index contributed by atoms with van der Waals surface area (Å²) in [5.41, 5.74) is 5.18. The number of nitriles is 1. The van der Waals surface area contributed by atoms with Gasteiger partial charge in [-0.3, -0.25) is 0 Å². The number of carbonyl (C=O) groups is 1. The lowest BCUT2D eigenvalue weighted by atomic mass is 9.98. The largest absolute Gasteiger partial charge is 0.462 e. The predicted molar refractivity (Wildman–Crippen MR) is 119 cm³/mol. The minimum Gasteiger partial charge on any atom is -0.462 e. The summed E-state index contributed by atoms with van der Waals surface area (Å²) in [6.45, 7) is 2.50. The molecule has 0 saturated heterocycles. The Balaban J connectivity index is 1.77. The van der Waals surface area contributed by atoms with Crippen LogP contribution >= 0.6 is 12.6 Å². The zero-order chi connectivity index (χ0) is 21.1. The summed E-state index contributed by atoms with van der Waals surface area (Å²) in [5.74, 6) is -0.394. The van der Waals surface area contributed by atoms with Gasteiger partial charge in [-0.15, -0.1) is 12.6 Å². The van der Waals surface area contributed by atoms with E-state index in [1.165, 1.54) is 0 Å². The lowest BCUT2D eigenvalue weighted by molar-refractivity contribution is 0.0528. The molecule has 6 heteroatoms. The summed E-state index contributed by atoms with van der Waals surface area (Å²) in [6, 6.07) is 23.3. The lowest BCUT2D eigenvalue weighted by Crippen LogP contribution is -2.09. The Kier molecular flexibility index (Phi) is 5.55. The van der Waals surface area contributed by atoms with Crippen molar-refractivity contribution in [3.63, 3.8) is 0 Å². The Morgan fingerprint density at radius 2 is 1.93 bits per heavy atom. The molecule has 0 aliphatic heterocycles. The molecule has 4 rings (SSSR count). The number of thiol groups is 1. The molecule has 0 amide bonds. The van der Waals surface area contributed by atoms with Gasteiger partial charge in [-0.2, -0.15) is 5.26 Å². The van der Waals surface area contributed by atoms with E-state index in [4.69, 9.17) is 4.74 Å². The second kappa shape index (κ2) is 8.44. The molecular formula is C24H19N3O2S. The van der Waals surface area contributed by atoms with Crippen LogP contribution in [-0.4, -0.2) is 22.1 Å². The molecule has 0 atom stereocenters. The van der Waals surface area contributed by atoms with Gasteiger partial charge >= 0.3 is 5.97 Å². The number of hydrogen-bond acceptors (Lipinski definition) is 5. The van der Waals surface area contributed by atoms with Crippen LogP contribution in [0.15, 0.2) is 71.9 Å². The van der Waals surface area contributed by atoms with E-state index in [1.54, 1.807) is 19.1 Å². The van der Waals surface area contributed by atoms with Crippen LogP contribution in [0, 0.1) is 11.3 Å². The Hall–Kier alpha value is -3.56. The van der Waals surface area contributed by atoms with Crippen molar-refractivity contribution in [3.05, 3.63) is 83.4 Å². The molecule has 0 aliphatic carbocycles. The van der Waals surface area contributed by atoms with Crippen molar-refractivity contribution in [2.24, 2.45) is 0 Å². The van der Waals surface area contributed by atoms with Gasteiger partial charge in [0.2, 0.25) is 0 Å². The zero-order valence-electron chi connectivity index (χ0n) is 16.4. The van der Waals surface area contributed by atoms with Crippen molar-refractivity contribution in [1.82, 2.24) is 9.55 Å². The molecule has 0 fully saturated rings. The molecule has 0 bridgehead atoms. The summed E-state index contributed by atoms with van der Waals surface area (Å²) in [7, 11) is 0. The van der Waals surface area contributed by atoms with E-state index < -0.39 is 5.97 Å². The smallest absolute Gasteiger partial charge is 0.340 e. The number of ether oxygens (including phenoxy) is 1. The third kappa shape index (κ3) is 3.68. The molecule has 0 aliphatic rings. The van der Waals surface area contributed by atoms with Crippen LogP contribution in [0.4, 0.5) is 0 Å². The molecule has 1 aromatic heterocycles. The number of hydrogen-bond donors (Lipinski definition) is 1. The number of nitrogens with zero attached hydrogens (tertiary/aromatic N) is 3. The van der Waals surface area contributed by atoms with Crippen LogP contribution in [0.1, 0.15) is 28.4 Å².